The van der Waals surface area contributed by atoms with E-state index in [0.717, 1.165) is 13.0 Å². The molecule has 1 aromatic heterocycles. The highest BCUT2D eigenvalue weighted by Gasteiger charge is 2.15. The van der Waals surface area contributed by atoms with Crippen molar-refractivity contribution in [3.63, 3.8) is 0 Å². The van der Waals surface area contributed by atoms with E-state index in [-0.39, 0.29) is 6.23 Å². The molecule has 2 heterocycles. The van der Waals surface area contributed by atoms with E-state index in [0.29, 0.717) is 0 Å². The van der Waals surface area contributed by atoms with Crippen molar-refractivity contribution in [2.45, 2.75) is 32.4 Å². The van der Waals surface area contributed by atoms with E-state index in [1.165, 1.54) is 18.4 Å². The molecular formula is C9H14N2O. The average molecular weight is 166 g/mol. The molecule has 2 rings (SSSR count). The summed E-state index contributed by atoms with van der Waals surface area (Å²) in [6.45, 7) is 2.93. The van der Waals surface area contributed by atoms with Gasteiger partial charge in [-0.05, 0) is 31.7 Å². The summed E-state index contributed by atoms with van der Waals surface area (Å²) in [5.41, 5.74) is 1.20. The monoisotopic (exact) mass is 166 g/mol. The first-order valence-electron chi connectivity index (χ1n) is 4.48. The minimum absolute atomic E-state index is 0.187. The molecule has 1 fully saturated rings. The van der Waals surface area contributed by atoms with Gasteiger partial charge in [-0.25, -0.2) is 4.68 Å². The molecule has 0 aromatic carbocycles. The summed E-state index contributed by atoms with van der Waals surface area (Å²) in [5.74, 6) is 0. The summed E-state index contributed by atoms with van der Waals surface area (Å²) in [7, 11) is 0. The molecule has 0 bridgehead atoms. The lowest BCUT2D eigenvalue weighted by atomic mass is 10.2. The lowest BCUT2D eigenvalue weighted by Crippen LogP contribution is -2.18. The molecule has 1 aliphatic rings. The van der Waals surface area contributed by atoms with Crippen molar-refractivity contribution in [1.29, 1.82) is 0 Å². The van der Waals surface area contributed by atoms with Crippen LogP contribution in [-0.4, -0.2) is 16.4 Å². The Morgan fingerprint density at radius 3 is 3.08 bits per heavy atom. The van der Waals surface area contributed by atoms with Crippen molar-refractivity contribution in [3.05, 3.63) is 18.0 Å². The third-order valence-electron chi connectivity index (χ3n) is 2.18. The summed E-state index contributed by atoms with van der Waals surface area (Å²) >= 11 is 0. The molecule has 66 valence electrons. The van der Waals surface area contributed by atoms with Crippen LogP contribution in [0.2, 0.25) is 0 Å². The predicted molar refractivity (Wildman–Crippen MR) is 45.8 cm³/mol. The quantitative estimate of drug-likeness (QED) is 0.637. The number of ether oxygens (including phenoxy) is 1. The second-order valence-corrected chi connectivity index (χ2v) is 3.32. The predicted octanol–water partition coefficient (Wildman–Crippen LogP) is 1.89. The molecule has 0 amide bonds. The Bertz CT molecular complexity index is 251. The zero-order chi connectivity index (χ0) is 8.39. The van der Waals surface area contributed by atoms with E-state index in [9.17, 15) is 0 Å². The molecule has 0 N–H and O–H groups in total. The van der Waals surface area contributed by atoms with E-state index >= 15 is 0 Å². The van der Waals surface area contributed by atoms with Crippen LogP contribution in [0, 0.1) is 6.92 Å². The summed E-state index contributed by atoms with van der Waals surface area (Å²) in [6, 6.07) is 0. The van der Waals surface area contributed by atoms with Gasteiger partial charge in [-0.15, -0.1) is 0 Å². The smallest absolute Gasteiger partial charge is 0.150 e. The van der Waals surface area contributed by atoms with Gasteiger partial charge in [-0.3, -0.25) is 0 Å². The standard InChI is InChI=1S/C9H14N2O/c1-8-6-10-11(7-8)9-4-2-3-5-12-9/h6-7,9H,2-5H2,1H3. The van der Waals surface area contributed by atoms with Crippen LogP contribution in [0.5, 0.6) is 0 Å². The number of rotatable bonds is 1. The number of aryl methyl sites for hydroxylation is 1. The van der Waals surface area contributed by atoms with Gasteiger partial charge in [0, 0.05) is 12.8 Å². The van der Waals surface area contributed by atoms with Crippen LogP contribution in [0.25, 0.3) is 0 Å². The van der Waals surface area contributed by atoms with Crippen LogP contribution >= 0.6 is 0 Å². The van der Waals surface area contributed by atoms with Gasteiger partial charge in [0.2, 0.25) is 0 Å². The Labute approximate surface area is 72.3 Å². The zero-order valence-corrected chi connectivity index (χ0v) is 7.36. The molecule has 3 nitrogen and oxygen atoms in total. The van der Waals surface area contributed by atoms with Gasteiger partial charge in [-0.1, -0.05) is 0 Å². The van der Waals surface area contributed by atoms with Crippen LogP contribution in [0.1, 0.15) is 31.1 Å². The third-order valence-corrected chi connectivity index (χ3v) is 2.18. The van der Waals surface area contributed by atoms with E-state index in [2.05, 4.69) is 5.10 Å². The lowest BCUT2D eigenvalue weighted by molar-refractivity contribution is -0.0395. The first-order valence-corrected chi connectivity index (χ1v) is 4.48. The summed E-state index contributed by atoms with van der Waals surface area (Å²) < 4.78 is 7.50. The fourth-order valence-corrected chi connectivity index (χ4v) is 1.52. The highest BCUT2D eigenvalue weighted by atomic mass is 16.5. The van der Waals surface area contributed by atoms with Crippen molar-refractivity contribution in [1.82, 2.24) is 9.78 Å². The number of nitrogens with zero attached hydrogens (tertiary/aromatic N) is 2. The van der Waals surface area contributed by atoms with Crippen molar-refractivity contribution in [2.75, 3.05) is 6.61 Å². The minimum Gasteiger partial charge on any atom is -0.357 e. The van der Waals surface area contributed by atoms with Crippen molar-refractivity contribution in [2.24, 2.45) is 0 Å². The molecule has 1 unspecified atom stereocenters. The molecule has 0 aliphatic carbocycles. The number of aromatic nitrogens is 2. The summed E-state index contributed by atoms with van der Waals surface area (Å²) in [5, 5.41) is 4.23. The molecule has 1 atom stereocenters. The van der Waals surface area contributed by atoms with Gasteiger partial charge >= 0.3 is 0 Å². The van der Waals surface area contributed by atoms with E-state index in [1.807, 2.05) is 24.0 Å². The Hall–Kier alpha value is -0.830. The maximum atomic E-state index is 5.58. The Balaban J connectivity index is 2.08. The second-order valence-electron chi connectivity index (χ2n) is 3.32. The molecule has 0 radical (unpaired) electrons. The molecule has 3 heteroatoms. The Morgan fingerprint density at radius 1 is 1.58 bits per heavy atom. The Morgan fingerprint density at radius 2 is 2.50 bits per heavy atom. The summed E-state index contributed by atoms with van der Waals surface area (Å²) in [6.07, 6.45) is 7.64. The first kappa shape index (κ1) is 7.80. The fourth-order valence-electron chi connectivity index (χ4n) is 1.52. The van der Waals surface area contributed by atoms with Crippen LogP contribution in [0.15, 0.2) is 12.4 Å². The molecule has 1 aliphatic heterocycles. The molecule has 1 saturated heterocycles. The molecule has 1 aromatic rings. The largest absolute Gasteiger partial charge is 0.357 e. The molecule has 0 saturated carbocycles. The lowest BCUT2D eigenvalue weighted by Gasteiger charge is -2.22. The van der Waals surface area contributed by atoms with Crippen LogP contribution in [-0.2, 0) is 4.74 Å². The van der Waals surface area contributed by atoms with Crippen molar-refractivity contribution < 1.29 is 4.74 Å². The van der Waals surface area contributed by atoms with Gasteiger partial charge in [0.15, 0.2) is 0 Å². The van der Waals surface area contributed by atoms with Crippen LogP contribution < -0.4 is 0 Å². The minimum atomic E-state index is 0.187. The van der Waals surface area contributed by atoms with Crippen molar-refractivity contribution >= 4 is 0 Å². The topological polar surface area (TPSA) is 27.1 Å². The van der Waals surface area contributed by atoms with Gasteiger partial charge < -0.3 is 4.74 Å². The van der Waals surface area contributed by atoms with E-state index in [4.69, 9.17) is 4.74 Å². The van der Waals surface area contributed by atoms with Gasteiger partial charge in [-0.2, -0.15) is 5.10 Å². The van der Waals surface area contributed by atoms with Gasteiger partial charge in [0.25, 0.3) is 0 Å². The second kappa shape index (κ2) is 3.27. The maximum Gasteiger partial charge on any atom is 0.150 e. The zero-order valence-electron chi connectivity index (χ0n) is 7.36. The molecule has 0 spiro atoms. The van der Waals surface area contributed by atoms with E-state index < -0.39 is 0 Å². The Kier molecular flexibility index (Phi) is 2.13. The van der Waals surface area contributed by atoms with Gasteiger partial charge in [0.05, 0.1) is 6.20 Å². The van der Waals surface area contributed by atoms with Crippen LogP contribution in [0.3, 0.4) is 0 Å². The molecular weight excluding hydrogens is 152 g/mol. The molecule has 12 heavy (non-hydrogen) atoms. The highest BCUT2D eigenvalue weighted by molar-refractivity contribution is 4.99. The SMILES string of the molecule is Cc1cnn(C2CCCCO2)c1. The normalized spacial score (nSPS) is 24.2. The highest BCUT2D eigenvalue weighted by Crippen LogP contribution is 2.21. The first-order chi connectivity index (χ1) is 5.86. The number of hydrogen-bond acceptors (Lipinski definition) is 2. The maximum absolute atomic E-state index is 5.58. The summed E-state index contributed by atoms with van der Waals surface area (Å²) in [4.78, 5) is 0. The number of hydrogen-bond donors (Lipinski definition) is 0. The average Bonchev–Trinajstić information content (AvgIpc) is 2.54. The fraction of sp³-hybridized carbons (Fsp3) is 0.667. The van der Waals surface area contributed by atoms with Crippen molar-refractivity contribution in [3.8, 4) is 0 Å². The van der Waals surface area contributed by atoms with Gasteiger partial charge in [0.1, 0.15) is 6.23 Å². The van der Waals surface area contributed by atoms with Crippen LogP contribution in [0.4, 0.5) is 0 Å². The third kappa shape index (κ3) is 1.50. The van der Waals surface area contributed by atoms with E-state index in [1.54, 1.807) is 0 Å².